The molecule has 0 aliphatic rings. The Balaban J connectivity index is 2.81. The van der Waals surface area contributed by atoms with Crippen molar-refractivity contribution in [2.45, 2.75) is 26.0 Å². The molecule has 0 spiro atoms. The van der Waals surface area contributed by atoms with Crippen molar-refractivity contribution in [2.24, 2.45) is 10.9 Å². The molecule has 0 aliphatic carbocycles. The van der Waals surface area contributed by atoms with Crippen LogP contribution >= 0.6 is 0 Å². The van der Waals surface area contributed by atoms with Crippen LogP contribution in [0.1, 0.15) is 25.0 Å². The standard InChI is InChI=1S/C13H21N3O3/c1-13(2,17)8-15-7-9-4-5-11(19-3)10(6-9)12(14)16-18/h4-6,15,17-18H,7-8H2,1-3H3,(H2,14,16). The van der Waals surface area contributed by atoms with E-state index in [1.165, 1.54) is 7.11 Å². The molecule has 0 atom stereocenters. The number of nitrogens with zero attached hydrogens (tertiary/aromatic N) is 1. The fourth-order valence-corrected chi connectivity index (χ4v) is 1.63. The van der Waals surface area contributed by atoms with Crippen molar-refractivity contribution in [1.82, 2.24) is 5.32 Å². The predicted molar refractivity (Wildman–Crippen MR) is 73.5 cm³/mol. The number of hydrogen-bond donors (Lipinski definition) is 4. The first-order chi connectivity index (χ1) is 8.87. The summed E-state index contributed by atoms with van der Waals surface area (Å²) in [6.07, 6.45) is 0. The first-order valence-electron chi connectivity index (χ1n) is 5.95. The average Bonchev–Trinajstić information content (AvgIpc) is 2.36. The molecular weight excluding hydrogens is 246 g/mol. The van der Waals surface area contributed by atoms with Gasteiger partial charge in [0, 0.05) is 13.1 Å². The monoisotopic (exact) mass is 267 g/mol. The van der Waals surface area contributed by atoms with Crippen LogP contribution in [0, 0.1) is 0 Å². The summed E-state index contributed by atoms with van der Waals surface area (Å²) < 4.78 is 5.15. The van der Waals surface area contributed by atoms with Crippen molar-refractivity contribution < 1.29 is 15.1 Å². The minimum absolute atomic E-state index is 0.00110. The Hall–Kier alpha value is -1.79. The second-order valence-corrected chi connectivity index (χ2v) is 4.94. The van der Waals surface area contributed by atoms with E-state index < -0.39 is 5.60 Å². The van der Waals surface area contributed by atoms with Gasteiger partial charge in [0.25, 0.3) is 0 Å². The molecule has 0 aliphatic heterocycles. The zero-order valence-corrected chi connectivity index (χ0v) is 11.5. The number of ether oxygens (including phenoxy) is 1. The first-order valence-corrected chi connectivity index (χ1v) is 5.95. The predicted octanol–water partition coefficient (Wildman–Crippen LogP) is 0.650. The highest BCUT2D eigenvalue weighted by Crippen LogP contribution is 2.19. The van der Waals surface area contributed by atoms with Gasteiger partial charge < -0.3 is 26.1 Å². The first kappa shape index (κ1) is 15.3. The summed E-state index contributed by atoms with van der Waals surface area (Å²) in [7, 11) is 1.52. The molecule has 0 saturated heterocycles. The van der Waals surface area contributed by atoms with Crippen LogP contribution in [0.4, 0.5) is 0 Å². The Morgan fingerprint density at radius 1 is 1.47 bits per heavy atom. The van der Waals surface area contributed by atoms with Crippen LogP contribution in [-0.4, -0.2) is 35.4 Å². The third kappa shape index (κ3) is 4.76. The Kier molecular flexibility index (Phi) is 5.14. The second-order valence-electron chi connectivity index (χ2n) is 4.94. The number of oxime groups is 1. The van der Waals surface area contributed by atoms with Crippen molar-refractivity contribution in [2.75, 3.05) is 13.7 Å². The lowest BCUT2D eigenvalue weighted by Gasteiger charge is -2.18. The lowest BCUT2D eigenvalue weighted by molar-refractivity contribution is 0.0795. The largest absolute Gasteiger partial charge is 0.496 e. The number of nitrogens with one attached hydrogen (secondary N) is 1. The van der Waals surface area contributed by atoms with Crippen molar-refractivity contribution in [3.05, 3.63) is 29.3 Å². The normalized spacial score (nSPS) is 12.5. The number of benzene rings is 1. The van der Waals surface area contributed by atoms with E-state index in [1.807, 2.05) is 6.07 Å². The van der Waals surface area contributed by atoms with Gasteiger partial charge in [0.05, 0.1) is 18.3 Å². The van der Waals surface area contributed by atoms with Gasteiger partial charge in [-0.05, 0) is 31.5 Å². The van der Waals surface area contributed by atoms with Crippen LogP contribution < -0.4 is 15.8 Å². The molecule has 0 amide bonds. The van der Waals surface area contributed by atoms with Crippen molar-refractivity contribution in [1.29, 1.82) is 0 Å². The fraction of sp³-hybridized carbons (Fsp3) is 0.462. The highest BCUT2D eigenvalue weighted by Gasteiger charge is 2.12. The van der Waals surface area contributed by atoms with E-state index in [0.717, 1.165) is 5.56 Å². The highest BCUT2D eigenvalue weighted by molar-refractivity contribution is 5.99. The van der Waals surface area contributed by atoms with Gasteiger partial charge in [-0.25, -0.2) is 0 Å². The van der Waals surface area contributed by atoms with E-state index >= 15 is 0 Å². The van der Waals surface area contributed by atoms with Gasteiger partial charge >= 0.3 is 0 Å². The summed E-state index contributed by atoms with van der Waals surface area (Å²) in [5.74, 6) is 0.544. The Morgan fingerprint density at radius 3 is 2.68 bits per heavy atom. The quantitative estimate of drug-likeness (QED) is 0.262. The van der Waals surface area contributed by atoms with E-state index in [4.69, 9.17) is 15.7 Å². The topological polar surface area (TPSA) is 100 Å². The van der Waals surface area contributed by atoms with Crippen LogP contribution in [0.15, 0.2) is 23.4 Å². The van der Waals surface area contributed by atoms with Crippen molar-refractivity contribution in [3.63, 3.8) is 0 Å². The van der Waals surface area contributed by atoms with Gasteiger partial charge in [0.2, 0.25) is 0 Å². The van der Waals surface area contributed by atoms with Crippen LogP contribution in [0.25, 0.3) is 0 Å². The molecule has 1 rings (SSSR count). The average molecular weight is 267 g/mol. The fourth-order valence-electron chi connectivity index (χ4n) is 1.63. The van der Waals surface area contributed by atoms with E-state index in [0.29, 0.717) is 24.4 Å². The van der Waals surface area contributed by atoms with Crippen molar-refractivity contribution >= 4 is 5.84 Å². The second kappa shape index (κ2) is 6.40. The van der Waals surface area contributed by atoms with Crippen LogP contribution in [0.3, 0.4) is 0 Å². The Morgan fingerprint density at radius 2 is 2.16 bits per heavy atom. The maximum absolute atomic E-state index is 9.60. The number of methoxy groups -OCH3 is 1. The molecule has 5 N–H and O–H groups in total. The van der Waals surface area contributed by atoms with Gasteiger partial charge in [-0.1, -0.05) is 11.2 Å². The number of amidine groups is 1. The molecule has 0 unspecified atom stereocenters. The molecule has 0 radical (unpaired) electrons. The van der Waals surface area contributed by atoms with Gasteiger partial charge in [-0.3, -0.25) is 0 Å². The van der Waals surface area contributed by atoms with Crippen LogP contribution in [0.2, 0.25) is 0 Å². The summed E-state index contributed by atoms with van der Waals surface area (Å²) in [5, 5.41) is 24.5. The maximum atomic E-state index is 9.60. The maximum Gasteiger partial charge on any atom is 0.173 e. The number of nitrogens with two attached hydrogens (primary N) is 1. The molecule has 0 fully saturated rings. The van der Waals surface area contributed by atoms with Gasteiger partial charge in [-0.2, -0.15) is 0 Å². The smallest absolute Gasteiger partial charge is 0.173 e. The van der Waals surface area contributed by atoms with E-state index in [2.05, 4.69) is 10.5 Å². The molecule has 6 nitrogen and oxygen atoms in total. The van der Waals surface area contributed by atoms with Gasteiger partial charge in [0.15, 0.2) is 5.84 Å². The molecule has 1 aromatic carbocycles. The zero-order chi connectivity index (χ0) is 14.5. The van der Waals surface area contributed by atoms with Crippen LogP contribution in [-0.2, 0) is 6.54 Å². The lowest BCUT2D eigenvalue weighted by Crippen LogP contribution is -2.34. The SMILES string of the molecule is COc1ccc(CNCC(C)(C)O)cc1C(N)=NO. The number of hydrogen-bond acceptors (Lipinski definition) is 5. The molecule has 19 heavy (non-hydrogen) atoms. The van der Waals surface area contributed by atoms with Gasteiger partial charge in [0.1, 0.15) is 5.75 Å². The molecule has 106 valence electrons. The lowest BCUT2D eigenvalue weighted by atomic mass is 10.1. The minimum atomic E-state index is -0.763. The highest BCUT2D eigenvalue weighted by atomic mass is 16.5. The number of rotatable bonds is 6. The Labute approximate surface area is 112 Å². The molecule has 6 heteroatoms. The molecule has 0 aromatic heterocycles. The van der Waals surface area contributed by atoms with E-state index in [1.54, 1.807) is 26.0 Å². The summed E-state index contributed by atoms with van der Waals surface area (Å²) in [6.45, 7) is 4.50. The summed E-state index contributed by atoms with van der Waals surface area (Å²) in [5.41, 5.74) is 6.32. The molecule has 0 saturated carbocycles. The third-order valence-corrected chi connectivity index (χ3v) is 2.53. The zero-order valence-electron chi connectivity index (χ0n) is 11.5. The van der Waals surface area contributed by atoms with Crippen LogP contribution in [0.5, 0.6) is 5.75 Å². The molecule has 0 bridgehead atoms. The molecular formula is C13H21N3O3. The number of aliphatic hydroxyl groups is 1. The van der Waals surface area contributed by atoms with Gasteiger partial charge in [-0.15, -0.1) is 0 Å². The Bertz CT molecular complexity index is 453. The summed E-state index contributed by atoms with van der Waals surface area (Å²) >= 11 is 0. The summed E-state index contributed by atoms with van der Waals surface area (Å²) in [6, 6.07) is 5.42. The van der Waals surface area contributed by atoms with E-state index in [9.17, 15) is 5.11 Å². The molecule has 0 heterocycles. The van der Waals surface area contributed by atoms with Crippen molar-refractivity contribution in [3.8, 4) is 5.75 Å². The minimum Gasteiger partial charge on any atom is -0.496 e. The van der Waals surface area contributed by atoms with E-state index in [-0.39, 0.29) is 5.84 Å². The third-order valence-electron chi connectivity index (χ3n) is 2.53. The molecule has 1 aromatic rings. The summed E-state index contributed by atoms with van der Waals surface area (Å²) in [4.78, 5) is 0.